The van der Waals surface area contributed by atoms with Gasteiger partial charge in [-0.15, -0.1) is 23.7 Å². The first-order chi connectivity index (χ1) is 11.6. The summed E-state index contributed by atoms with van der Waals surface area (Å²) < 4.78 is 10.7. The fourth-order valence-corrected chi connectivity index (χ4v) is 3.64. The summed E-state index contributed by atoms with van der Waals surface area (Å²) in [5, 5.41) is 5.38. The molecule has 1 aliphatic carbocycles. The number of halogens is 1. The molecule has 1 aromatic carbocycles. The van der Waals surface area contributed by atoms with Gasteiger partial charge < -0.3 is 20.5 Å². The Balaban J connectivity index is 0.00000225. The van der Waals surface area contributed by atoms with Crippen molar-refractivity contribution in [2.75, 3.05) is 19.5 Å². The fourth-order valence-electron chi connectivity index (χ4n) is 2.93. The first kappa shape index (κ1) is 19.5. The van der Waals surface area contributed by atoms with Crippen molar-refractivity contribution in [1.29, 1.82) is 0 Å². The molecule has 2 atom stereocenters. The van der Waals surface area contributed by atoms with Gasteiger partial charge in [0, 0.05) is 22.9 Å². The number of aromatic nitrogens is 1. The number of hydrogen-bond donors (Lipinski definition) is 2. The molecule has 25 heavy (non-hydrogen) atoms. The van der Waals surface area contributed by atoms with E-state index in [0.29, 0.717) is 10.9 Å². The molecule has 0 spiro atoms. The van der Waals surface area contributed by atoms with Crippen molar-refractivity contribution in [2.24, 2.45) is 11.7 Å². The van der Waals surface area contributed by atoms with Crippen LogP contribution < -0.4 is 20.5 Å². The summed E-state index contributed by atoms with van der Waals surface area (Å²) in [5.41, 5.74) is 7.45. The predicted molar refractivity (Wildman–Crippen MR) is 102 cm³/mol. The minimum atomic E-state index is -0.0151. The zero-order chi connectivity index (χ0) is 17.1. The van der Waals surface area contributed by atoms with Crippen LogP contribution in [0.2, 0.25) is 0 Å². The van der Waals surface area contributed by atoms with Crippen LogP contribution in [0.5, 0.6) is 11.5 Å². The van der Waals surface area contributed by atoms with Crippen LogP contribution in [0.25, 0.3) is 11.3 Å². The molecule has 0 saturated heterocycles. The summed E-state index contributed by atoms with van der Waals surface area (Å²) >= 11 is 1.39. The number of nitrogens with two attached hydrogens (primary N) is 1. The molecule has 1 aromatic heterocycles. The van der Waals surface area contributed by atoms with E-state index < -0.39 is 0 Å². The Morgan fingerprint density at radius 2 is 2.12 bits per heavy atom. The molecule has 1 saturated carbocycles. The second-order valence-corrected chi connectivity index (χ2v) is 6.72. The van der Waals surface area contributed by atoms with E-state index >= 15 is 0 Å². The number of hydrogen-bond acceptors (Lipinski definition) is 6. The Morgan fingerprint density at radius 1 is 1.32 bits per heavy atom. The van der Waals surface area contributed by atoms with Gasteiger partial charge in [0.15, 0.2) is 5.13 Å². The van der Waals surface area contributed by atoms with E-state index in [1.807, 2.05) is 23.6 Å². The van der Waals surface area contributed by atoms with Crippen molar-refractivity contribution in [1.82, 2.24) is 4.98 Å². The average molecular weight is 384 g/mol. The molecule has 1 heterocycles. The topological polar surface area (TPSA) is 86.5 Å². The van der Waals surface area contributed by atoms with E-state index in [0.717, 1.165) is 36.3 Å². The van der Waals surface area contributed by atoms with Crippen LogP contribution >= 0.6 is 23.7 Å². The third kappa shape index (κ3) is 4.42. The van der Waals surface area contributed by atoms with Crippen molar-refractivity contribution >= 4 is 34.8 Å². The highest BCUT2D eigenvalue weighted by molar-refractivity contribution is 7.14. The Labute approximate surface area is 157 Å². The number of nitrogens with zero attached hydrogens (tertiary/aromatic N) is 1. The van der Waals surface area contributed by atoms with Crippen LogP contribution in [0.1, 0.15) is 19.3 Å². The molecule has 0 radical (unpaired) electrons. The molecule has 1 fully saturated rings. The molecule has 0 bridgehead atoms. The monoisotopic (exact) mass is 383 g/mol. The lowest BCUT2D eigenvalue weighted by Crippen LogP contribution is -2.23. The molecule has 6 nitrogen and oxygen atoms in total. The first-order valence-electron chi connectivity index (χ1n) is 7.85. The largest absolute Gasteiger partial charge is 0.497 e. The summed E-state index contributed by atoms with van der Waals surface area (Å²) in [7, 11) is 3.23. The number of amides is 1. The molecule has 2 aromatic rings. The van der Waals surface area contributed by atoms with Gasteiger partial charge in [0.05, 0.1) is 19.9 Å². The minimum absolute atomic E-state index is 0. The molecule has 2 unspecified atom stereocenters. The van der Waals surface area contributed by atoms with Crippen molar-refractivity contribution in [3.63, 3.8) is 0 Å². The quantitative estimate of drug-likeness (QED) is 0.827. The van der Waals surface area contributed by atoms with Gasteiger partial charge in [0.25, 0.3) is 0 Å². The summed E-state index contributed by atoms with van der Waals surface area (Å²) in [6.07, 6.45) is 2.49. The molecule has 1 aliphatic rings. The average Bonchev–Trinajstić information content (AvgIpc) is 3.23. The summed E-state index contributed by atoms with van der Waals surface area (Å²) in [6.45, 7) is 0. The lowest BCUT2D eigenvalue weighted by molar-refractivity contribution is -0.119. The van der Waals surface area contributed by atoms with Crippen molar-refractivity contribution < 1.29 is 14.3 Å². The lowest BCUT2D eigenvalue weighted by atomic mass is 10.1. The van der Waals surface area contributed by atoms with Gasteiger partial charge in [-0.2, -0.15) is 0 Å². The van der Waals surface area contributed by atoms with Gasteiger partial charge in [0.1, 0.15) is 11.5 Å². The number of thiazole rings is 1. The van der Waals surface area contributed by atoms with E-state index in [1.165, 1.54) is 11.3 Å². The number of rotatable bonds is 5. The number of carbonyl (C=O) groups excluding carboxylic acids is 1. The number of benzene rings is 1. The predicted octanol–water partition coefficient (Wildman–Crippen LogP) is 3.32. The minimum Gasteiger partial charge on any atom is -0.497 e. The van der Waals surface area contributed by atoms with Gasteiger partial charge in [-0.1, -0.05) is 0 Å². The second kappa shape index (κ2) is 8.51. The summed E-state index contributed by atoms with van der Waals surface area (Å²) in [5.74, 6) is 1.42. The Bertz CT molecular complexity index is 738. The van der Waals surface area contributed by atoms with Gasteiger partial charge >= 0.3 is 0 Å². The standard InChI is InChI=1S/C17H21N3O3S.ClH/c1-22-12-5-6-15(23-2)13(8-12)14-9-24-17(19-14)20-16(21)10-3-4-11(18)7-10;/h5-6,8-11H,3-4,7,18H2,1-2H3,(H,19,20,21);1H. The summed E-state index contributed by atoms with van der Waals surface area (Å²) in [6, 6.07) is 5.68. The van der Waals surface area contributed by atoms with E-state index in [2.05, 4.69) is 10.3 Å². The lowest BCUT2D eigenvalue weighted by Gasteiger charge is -2.09. The first-order valence-corrected chi connectivity index (χ1v) is 8.73. The van der Waals surface area contributed by atoms with Crippen molar-refractivity contribution in [3.8, 4) is 22.8 Å². The molecular formula is C17H22ClN3O3S. The van der Waals surface area contributed by atoms with Gasteiger partial charge in [-0.25, -0.2) is 4.98 Å². The highest BCUT2D eigenvalue weighted by Gasteiger charge is 2.28. The molecule has 136 valence electrons. The molecule has 3 rings (SSSR count). The van der Waals surface area contributed by atoms with E-state index in [1.54, 1.807) is 14.2 Å². The molecule has 1 amide bonds. The number of carbonyl (C=O) groups is 1. The number of ether oxygens (including phenoxy) is 2. The normalized spacial score (nSPS) is 19.2. The van der Waals surface area contributed by atoms with Crippen LogP contribution in [-0.2, 0) is 4.79 Å². The number of anilines is 1. The van der Waals surface area contributed by atoms with Crippen LogP contribution in [0, 0.1) is 5.92 Å². The van der Waals surface area contributed by atoms with Crippen LogP contribution in [-0.4, -0.2) is 31.2 Å². The summed E-state index contributed by atoms with van der Waals surface area (Å²) in [4.78, 5) is 16.8. The van der Waals surface area contributed by atoms with Gasteiger partial charge in [-0.05, 0) is 37.5 Å². The van der Waals surface area contributed by atoms with Crippen LogP contribution in [0.4, 0.5) is 5.13 Å². The second-order valence-electron chi connectivity index (χ2n) is 5.86. The molecule has 3 N–H and O–H groups in total. The number of nitrogens with one attached hydrogen (secondary N) is 1. The highest BCUT2D eigenvalue weighted by Crippen LogP contribution is 2.35. The number of methoxy groups -OCH3 is 2. The van der Waals surface area contributed by atoms with Gasteiger partial charge in [-0.3, -0.25) is 4.79 Å². The van der Waals surface area contributed by atoms with Gasteiger partial charge in [0.2, 0.25) is 5.91 Å². The zero-order valence-electron chi connectivity index (χ0n) is 14.2. The van der Waals surface area contributed by atoms with E-state index in [4.69, 9.17) is 15.2 Å². The highest BCUT2D eigenvalue weighted by atomic mass is 35.5. The van der Waals surface area contributed by atoms with E-state index in [-0.39, 0.29) is 30.3 Å². The molecule has 8 heteroatoms. The Morgan fingerprint density at radius 3 is 2.76 bits per heavy atom. The molecule has 0 aliphatic heterocycles. The molecular weight excluding hydrogens is 362 g/mol. The Kier molecular flexibility index (Phi) is 6.64. The maximum Gasteiger partial charge on any atom is 0.229 e. The third-order valence-electron chi connectivity index (χ3n) is 4.26. The van der Waals surface area contributed by atoms with Crippen LogP contribution in [0.15, 0.2) is 23.6 Å². The zero-order valence-corrected chi connectivity index (χ0v) is 15.8. The maximum atomic E-state index is 12.3. The van der Waals surface area contributed by atoms with Crippen molar-refractivity contribution in [3.05, 3.63) is 23.6 Å². The Hall–Kier alpha value is -1.83. The fraction of sp³-hybridized carbons (Fsp3) is 0.412. The third-order valence-corrected chi connectivity index (χ3v) is 5.02. The van der Waals surface area contributed by atoms with Crippen molar-refractivity contribution in [2.45, 2.75) is 25.3 Å². The SMILES string of the molecule is COc1ccc(OC)c(-c2csc(NC(=O)C3CCC(N)C3)n2)c1.Cl. The smallest absolute Gasteiger partial charge is 0.229 e. The maximum absolute atomic E-state index is 12.3. The van der Waals surface area contributed by atoms with E-state index in [9.17, 15) is 4.79 Å². The van der Waals surface area contributed by atoms with Crippen LogP contribution in [0.3, 0.4) is 0 Å².